The van der Waals surface area contributed by atoms with Crippen molar-refractivity contribution in [3.8, 4) is 11.5 Å². The van der Waals surface area contributed by atoms with Gasteiger partial charge in [-0.2, -0.15) is 0 Å². The Morgan fingerprint density at radius 2 is 1.82 bits per heavy atom. The Balaban J connectivity index is 1.90. The molecule has 1 fully saturated rings. The van der Waals surface area contributed by atoms with E-state index in [1.54, 1.807) is 18.3 Å². The Bertz CT molecular complexity index is 1280. The highest BCUT2D eigenvalue weighted by atomic mass is 35.5. The maximum absolute atomic E-state index is 13.4. The lowest BCUT2D eigenvalue weighted by molar-refractivity contribution is -0.140. The van der Waals surface area contributed by atoms with E-state index in [2.05, 4.69) is 4.98 Å². The number of halogens is 2. The SMILES string of the molecule is COc1cc(/C(O)=C2\C(=O)C(=O)N(Cc3ccc(F)cc3)C2c2cccnc2)c(OC)cc1Cl. The molecule has 174 valence electrons. The van der Waals surface area contributed by atoms with Crippen molar-refractivity contribution in [3.63, 3.8) is 0 Å². The normalized spacial score (nSPS) is 17.2. The molecule has 1 saturated heterocycles. The van der Waals surface area contributed by atoms with Gasteiger partial charge in [-0.15, -0.1) is 0 Å². The number of aliphatic hydroxyl groups is 1. The van der Waals surface area contributed by atoms with Crippen LogP contribution in [0.5, 0.6) is 11.5 Å². The minimum absolute atomic E-state index is 0.0161. The van der Waals surface area contributed by atoms with Crippen molar-refractivity contribution in [1.29, 1.82) is 0 Å². The second kappa shape index (κ2) is 9.52. The van der Waals surface area contributed by atoms with Crippen LogP contribution in [0.1, 0.15) is 22.7 Å². The highest BCUT2D eigenvalue weighted by Gasteiger charge is 2.46. The third-order valence-electron chi connectivity index (χ3n) is 5.54. The van der Waals surface area contributed by atoms with Gasteiger partial charge in [-0.3, -0.25) is 14.6 Å². The summed E-state index contributed by atoms with van der Waals surface area (Å²) in [6, 6.07) is 10.9. The molecule has 7 nitrogen and oxygen atoms in total. The van der Waals surface area contributed by atoms with Gasteiger partial charge in [0.2, 0.25) is 0 Å². The second-order valence-corrected chi connectivity index (χ2v) is 7.93. The van der Waals surface area contributed by atoms with Gasteiger partial charge in [0.25, 0.3) is 11.7 Å². The summed E-state index contributed by atoms with van der Waals surface area (Å²) in [6.45, 7) is 0.0161. The summed E-state index contributed by atoms with van der Waals surface area (Å²) in [5.41, 5.74) is 1.13. The van der Waals surface area contributed by atoms with Crippen LogP contribution in [0, 0.1) is 5.82 Å². The number of pyridine rings is 1. The number of methoxy groups -OCH3 is 2. The largest absolute Gasteiger partial charge is 0.507 e. The van der Waals surface area contributed by atoms with Crippen molar-refractivity contribution >= 4 is 29.1 Å². The lowest BCUT2D eigenvalue weighted by Gasteiger charge is -2.25. The maximum atomic E-state index is 13.4. The molecule has 0 saturated carbocycles. The fourth-order valence-electron chi connectivity index (χ4n) is 3.90. The van der Waals surface area contributed by atoms with Crippen LogP contribution in [0.2, 0.25) is 5.02 Å². The molecule has 4 rings (SSSR count). The first-order chi connectivity index (χ1) is 16.3. The predicted molar refractivity (Wildman–Crippen MR) is 123 cm³/mol. The molecule has 1 aromatic heterocycles. The number of ether oxygens (including phenoxy) is 2. The number of hydrogen-bond acceptors (Lipinski definition) is 6. The monoisotopic (exact) mass is 482 g/mol. The summed E-state index contributed by atoms with van der Waals surface area (Å²) in [4.78, 5) is 31.7. The maximum Gasteiger partial charge on any atom is 0.295 e. The van der Waals surface area contributed by atoms with Gasteiger partial charge >= 0.3 is 0 Å². The molecule has 9 heteroatoms. The van der Waals surface area contributed by atoms with E-state index in [4.69, 9.17) is 21.1 Å². The lowest BCUT2D eigenvalue weighted by atomic mass is 9.95. The molecule has 0 bridgehead atoms. The Morgan fingerprint density at radius 3 is 2.44 bits per heavy atom. The Morgan fingerprint density at radius 1 is 1.12 bits per heavy atom. The molecule has 1 unspecified atom stereocenters. The molecular formula is C25H20ClFN2O5. The van der Waals surface area contributed by atoms with E-state index in [0.717, 1.165) is 0 Å². The standard InChI is InChI=1S/C25H20ClFN2O5/c1-33-19-11-18(26)20(34-2)10-17(19)23(30)21-22(15-4-3-9-28-12-15)29(25(32)24(21)31)13-14-5-7-16(27)8-6-14/h3-12,22,30H,13H2,1-2H3/b23-21+. The number of rotatable bonds is 6. The van der Waals surface area contributed by atoms with Gasteiger partial charge in [0.15, 0.2) is 0 Å². The van der Waals surface area contributed by atoms with E-state index in [-0.39, 0.29) is 34.2 Å². The topological polar surface area (TPSA) is 89.0 Å². The number of hydrogen-bond donors (Lipinski definition) is 1. The zero-order valence-electron chi connectivity index (χ0n) is 18.3. The number of aromatic nitrogens is 1. The third-order valence-corrected chi connectivity index (χ3v) is 5.83. The Labute approximate surface area is 200 Å². The van der Waals surface area contributed by atoms with E-state index < -0.39 is 29.3 Å². The van der Waals surface area contributed by atoms with E-state index in [1.165, 1.54) is 61.7 Å². The van der Waals surface area contributed by atoms with Gasteiger partial charge in [-0.05, 0) is 35.4 Å². The molecule has 1 N–H and O–H groups in total. The van der Waals surface area contributed by atoms with Crippen LogP contribution in [-0.2, 0) is 16.1 Å². The van der Waals surface area contributed by atoms with Crippen LogP contribution in [0.4, 0.5) is 4.39 Å². The van der Waals surface area contributed by atoms with E-state index in [1.807, 2.05) is 0 Å². The van der Waals surface area contributed by atoms with Crippen LogP contribution in [0.15, 0.2) is 66.5 Å². The van der Waals surface area contributed by atoms with Crippen LogP contribution >= 0.6 is 11.6 Å². The number of aliphatic hydroxyl groups excluding tert-OH is 1. The van der Waals surface area contributed by atoms with Gasteiger partial charge in [0, 0.05) is 25.0 Å². The van der Waals surface area contributed by atoms with E-state index in [9.17, 15) is 19.1 Å². The number of carbonyl (C=O) groups excluding carboxylic acids is 2. The summed E-state index contributed by atoms with van der Waals surface area (Å²) in [5.74, 6) is -2.09. The van der Waals surface area contributed by atoms with E-state index >= 15 is 0 Å². The summed E-state index contributed by atoms with van der Waals surface area (Å²) in [5, 5.41) is 11.6. The molecule has 0 aliphatic carbocycles. The molecule has 1 aliphatic rings. The number of likely N-dealkylation sites (tertiary alicyclic amines) is 1. The quantitative estimate of drug-likeness (QED) is 0.316. The fraction of sp³-hybridized carbons (Fsp3) is 0.160. The number of Topliss-reactive ketones (excluding diaryl/α,β-unsaturated/α-hetero) is 1. The van der Waals surface area contributed by atoms with Crippen molar-refractivity contribution in [2.24, 2.45) is 0 Å². The molecule has 1 aliphatic heterocycles. The second-order valence-electron chi connectivity index (χ2n) is 7.53. The van der Waals surface area contributed by atoms with Gasteiger partial charge in [0.1, 0.15) is 23.1 Å². The molecule has 0 spiro atoms. The van der Waals surface area contributed by atoms with Crippen LogP contribution in [0.25, 0.3) is 5.76 Å². The highest BCUT2D eigenvalue weighted by molar-refractivity contribution is 6.46. The third kappa shape index (κ3) is 4.20. The molecule has 34 heavy (non-hydrogen) atoms. The number of carbonyl (C=O) groups is 2. The number of amides is 1. The Hall–Kier alpha value is -3.91. The fourth-order valence-corrected chi connectivity index (χ4v) is 4.14. The van der Waals surface area contributed by atoms with Crippen molar-refractivity contribution < 1.29 is 28.6 Å². The molecule has 2 aromatic carbocycles. The summed E-state index contributed by atoms with van der Waals surface area (Å²) in [6.07, 6.45) is 3.07. The van der Waals surface area contributed by atoms with Crippen molar-refractivity contribution in [3.05, 3.63) is 94.0 Å². The van der Waals surface area contributed by atoms with Gasteiger partial charge in [0.05, 0.1) is 36.4 Å². The zero-order valence-corrected chi connectivity index (χ0v) is 19.0. The first-order valence-electron chi connectivity index (χ1n) is 10.2. The number of ketones is 1. The van der Waals surface area contributed by atoms with Crippen LogP contribution in [-0.4, -0.2) is 40.9 Å². The Kier molecular flexibility index (Phi) is 6.51. The minimum atomic E-state index is -0.940. The average Bonchev–Trinajstić information content (AvgIpc) is 3.10. The number of nitrogens with zero attached hydrogens (tertiary/aromatic N) is 2. The van der Waals surface area contributed by atoms with Crippen molar-refractivity contribution in [2.45, 2.75) is 12.6 Å². The van der Waals surface area contributed by atoms with Crippen LogP contribution < -0.4 is 9.47 Å². The van der Waals surface area contributed by atoms with Crippen molar-refractivity contribution in [2.75, 3.05) is 14.2 Å². The zero-order chi connectivity index (χ0) is 24.4. The van der Waals surface area contributed by atoms with Crippen molar-refractivity contribution in [1.82, 2.24) is 9.88 Å². The molecule has 0 radical (unpaired) electrons. The molecule has 1 atom stereocenters. The molecular weight excluding hydrogens is 463 g/mol. The van der Waals surface area contributed by atoms with E-state index in [0.29, 0.717) is 11.1 Å². The molecule has 3 aromatic rings. The van der Waals surface area contributed by atoms with Crippen LogP contribution in [0.3, 0.4) is 0 Å². The lowest BCUT2D eigenvalue weighted by Crippen LogP contribution is -2.29. The van der Waals surface area contributed by atoms with Gasteiger partial charge in [-0.1, -0.05) is 29.8 Å². The highest BCUT2D eigenvalue weighted by Crippen LogP contribution is 2.43. The smallest absolute Gasteiger partial charge is 0.295 e. The number of benzene rings is 2. The average molecular weight is 483 g/mol. The van der Waals surface area contributed by atoms with Gasteiger partial charge in [-0.25, -0.2) is 4.39 Å². The molecule has 2 heterocycles. The molecule has 1 amide bonds. The first kappa shape index (κ1) is 23.3. The predicted octanol–water partition coefficient (Wildman–Crippen LogP) is 4.51. The van der Waals surface area contributed by atoms with Gasteiger partial charge < -0.3 is 19.5 Å². The first-order valence-corrected chi connectivity index (χ1v) is 10.6. The minimum Gasteiger partial charge on any atom is -0.507 e. The summed E-state index contributed by atoms with van der Waals surface area (Å²) < 4.78 is 24.0. The summed E-state index contributed by atoms with van der Waals surface area (Å²) in [7, 11) is 2.80. The summed E-state index contributed by atoms with van der Waals surface area (Å²) >= 11 is 6.18.